The quantitative estimate of drug-likeness (QED) is 0.736. The van der Waals surface area contributed by atoms with Gasteiger partial charge in [0.25, 0.3) is 0 Å². The molecular formula is C22H14N4S2. The molecule has 0 radical (unpaired) electrons. The van der Waals surface area contributed by atoms with Crippen LogP contribution in [0.25, 0.3) is 0 Å². The molecule has 4 rings (SSSR count). The summed E-state index contributed by atoms with van der Waals surface area (Å²) in [4.78, 5) is 0. The van der Waals surface area contributed by atoms with Gasteiger partial charge in [0.2, 0.25) is 5.41 Å². The molecule has 2 fully saturated rings. The number of hydrogen-bond donors (Lipinski definition) is 0. The van der Waals surface area contributed by atoms with Crippen molar-refractivity contribution >= 4 is 23.5 Å². The molecule has 134 valence electrons. The Labute approximate surface area is 172 Å². The molecule has 0 spiro atoms. The van der Waals surface area contributed by atoms with Gasteiger partial charge in [-0.3, -0.25) is 0 Å². The van der Waals surface area contributed by atoms with Crippen molar-refractivity contribution in [2.75, 3.05) is 5.75 Å². The zero-order valence-corrected chi connectivity index (χ0v) is 16.4. The zero-order chi connectivity index (χ0) is 19.8. The van der Waals surface area contributed by atoms with Crippen molar-refractivity contribution < 1.29 is 0 Å². The number of benzene rings is 2. The SMILES string of the molecule is N#CC1(C#N)[C@@H](c2ccccc2)[C@H]2CS[C@@](c3ccccc3)(S2)C1(C#N)C#N. The van der Waals surface area contributed by atoms with Gasteiger partial charge in [0.05, 0.1) is 24.3 Å². The summed E-state index contributed by atoms with van der Waals surface area (Å²) in [6, 6.07) is 27.4. The van der Waals surface area contributed by atoms with Crippen molar-refractivity contribution in [3.63, 3.8) is 0 Å². The van der Waals surface area contributed by atoms with E-state index in [4.69, 9.17) is 0 Å². The zero-order valence-electron chi connectivity index (χ0n) is 14.7. The van der Waals surface area contributed by atoms with Crippen LogP contribution in [0.2, 0.25) is 0 Å². The van der Waals surface area contributed by atoms with E-state index in [0.717, 1.165) is 11.1 Å². The molecule has 0 amide bonds. The first-order valence-corrected chi connectivity index (χ1v) is 10.6. The second kappa shape index (κ2) is 6.61. The number of nitriles is 4. The minimum Gasteiger partial charge on any atom is -0.196 e. The third-order valence-corrected chi connectivity index (χ3v) is 9.64. The third-order valence-electron chi connectivity index (χ3n) is 5.69. The molecule has 2 heterocycles. The van der Waals surface area contributed by atoms with Gasteiger partial charge in [-0.2, -0.15) is 21.0 Å². The molecule has 2 saturated heterocycles. The Morgan fingerprint density at radius 1 is 0.786 bits per heavy atom. The summed E-state index contributed by atoms with van der Waals surface area (Å²) < 4.78 is -0.987. The molecule has 2 aromatic rings. The van der Waals surface area contributed by atoms with Gasteiger partial charge in [-0.05, 0) is 11.1 Å². The van der Waals surface area contributed by atoms with E-state index in [0.29, 0.717) is 5.75 Å². The molecule has 0 saturated carbocycles. The van der Waals surface area contributed by atoms with Crippen LogP contribution >= 0.6 is 23.5 Å². The lowest BCUT2D eigenvalue weighted by Crippen LogP contribution is -2.57. The van der Waals surface area contributed by atoms with Crippen LogP contribution in [-0.4, -0.2) is 11.0 Å². The summed E-state index contributed by atoms with van der Waals surface area (Å²) in [5.41, 5.74) is -1.99. The second-order valence-electron chi connectivity index (χ2n) is 6.84. The van der Waals surface area contributed by atoms with Gasteiger partial charge in [-0.15, -0.1) is 23.5 Å². The average molecular weight is 399 g/mol. The van der Waals surface area contributed by atoms with Crippen LogP contribution in [-0.2, 0) is 4.08 Å². The minimum absolute atomic E-state index is 0.0540. The number of hydrogen-bond acceptors (Lipinski definition) is 6. The van der Waals surface area contributed by atoms with Crippen LogP contribution in [0.15, 0.2) is 60.7 Å². The Kier molecular flexibility index (Phi) is 4.36. The first kappa shape index (κ1) is 18.5. The summed E-state index contributed by atoms with van der Waals surface area (Å²) in [6.07, 6.45) is 0. The van der Waals surface area contributed by atoms with E-state index < -0.39 is 20.8 Å². The summed E-state index contributed by atoms with van der Waals surface area (Å²) >= 11 is 3.08. The molecule has 28 heavy (non-hydrogen) atoms. The first-order chi connectivity index (χ1) is 13.6. The molecule has 2 aliphatic rings. The maximum atomic E-state index is 10.3. The normalized spacial score (nSPS) is 28.9. The fraction of sp³-hybridized carbons (Fsp3) is 0.273. The summed E-state index contributed by atoms with van der Waals surface area (Å²) in [5, 5.41) is 41.2. The number of nitrogens with zero attached hydrogens (tertiary/aromatic N) is 4. The van der Waals surface area contributed by atoms with Gasteiger partial charge in [0, 0.05) is 16.9 Å². The number of rotatable bonds is 2. The highest BCUT2D eigenvalue weighted by Gasteiger charge is 2.77. The smallest absolute Gasteiger partial charge is 0.196 e. The van der Waals surface area contributed by atoms with E-state index in [9.17, 15) is 21.0 Å². The Hall–Kier alpha value is -2.90. The fourth-order valence-electron chi connectivity index (χ4n) is 4.44. The molecule has 0 aromatic heterocycles. The molecule has 4 nitrogen and oxygen atoms in total. The average Bonchev–Trinajstić information content (AvgIpc) is 3.17. The summed E-state index contributed by atoms with van der Waals surface area (Å²) in [5.74, 6) is 0.134. The molecule has 3 atom stereocenters. The van der Waals surface area contributed by atoms with E-state index in [1.165, 1.54) is 11.8 Å². The van der Waals surface area contributed by atoms with Crippen LogP contribution < -0.4 is 0 Å². The van der Waals surface area contributed by atoms with Crippen LogP contribution in [0.4, 0.5) is 0 Å². The van der Waals surface area contributed by atoms with Gasteiger partial charge in [-0.1, -0.05) is 60.7 Å². The molecule has 2 aromatic carbocycles. The minimum atomic E-state index is -1.83. The van der Waals surface area contributed by atoms with E-state index >= 15 is 0 Å². The molecule has 0 aliphatic carbocycles. The fourth-order valence-corrected chi connectivity index (χ4v) is 8.76. The molecule has 0 N–H and O–H groups in total. The van der Waals surface area contributed by atoms with Crippen LogP contribution in [0.1, 0.15) is 17.0 Å². The lowest BCUT2D eigenvalue weighted by Gasteiger charge is -2.51. The summed E-state index contributed by atoms with van der Waals surface area (Å²) in [7, 11) is 0. The van der Waals surface area contributed by atoms with Crippen molar-refractivity contribution in [1.29, 1.82) is 21.0 Å². The van der Waals surface area contributed by atoms with Gasteiger partial charge >= 0.3 is 0 Å². The lowest BCUT2D eigenvalue weighted by atomic mass is 9.55. The van der Waals surface area contributed by atoms with Crippen LogP contribution in [0, 0.1) is 56.2 Å². The highest BCUT2D eigenvalue weighted by Crippen LogP contribution is 2.77. The van der Waals surface area contributed by atoms with E-state index in [2.05, 4.69) is 24.3 Å². The molecule has 2 aliphatic heterocycles. The van der Waals surface area contributed by atoms with Gasteiger partial charge in [0.1, 0.15) is 4.08 Å². The van der Waals surface area contributed by atoms with Crippen molar-refractivity contribution in [2.24, 2.45) is 10.8 Å². The number of thioether (sulfide) groups is 2. The van der Waals surface area contributed by atoms with Gasteiger partial charge in [0.15, 0.2) is 5.41 Å². The van der Waals surface area contributed by atoms with E-state index in [1.54, 1.807) is 11.8 Å². The Morgan fingerprint density at radius 2 is 1.36 bits per heavy atom. The van der Waals surface area contributed by atoms with Crippen molar-refractivity contribution in [2.45, 2.75) is 15.2 Å². The van der Waals surface area contributed by atoms with Crippen molar-refractivity contribution in [3.8, 4) is 24.3 Å². The Morgan fingerprint density at radius 3 is 1.89 bits per heavy atom. The van der Waals surface area contributed by atoms with Crippen LogP contribution in [0.5, 0.6) is 0 Å². The first-order valence-electron chi connectivity index (χ1n) is 8.72. The molecule has 0 unspecified atom stereocenters. The Balaban J connectivity index is 2.06. The third kappa shape index (κ3) is 2.05. The standard InChI is InChI=1S/C22H14N4S2/c23-12-20(13-24)19(16-7-3-1-4-8-16)18-11-27-22(28-18,21(20,14-25)15-26)17-9-5-2-6-10-17/h1-10,18-19H,11H2/t18-,19+,22+/m1/s1. The maximum absolute atomic E-state index is 10.3. The summed E-state index contributed by atoms with van der Waals surface area (Å²) in [6.45, 7) is 0. The largest absolute Gasteiger partial charge is 0.203 e. The number of fused-ring (bicyclic) bond motifs is 2. The topological polar surface area (TPSA) is 95.2 Å². The second-order valence-corrected chi connectivity index (χ2v) is 9.79. The predicted molar refractivity (Wildman–Crippen MR) is 108 cm³/mol. The monoisotopic (exact) mass is 398 g/mol. The maximum Gasteiger partial charge on any atom is 0.203 e. The van der Waals surface area contributed by atoms with Gasteiger partial charge < -0.3 is 0 Å². The van der Waals surface area contributed by atoms with E-state index in [-0.39, 0.29) is 5.25 Å². The highest BCUT2D eigenvalue weighted by atomic mass is 32.2. The van der Waals surface area contributed by atoms with Crippen molar-refractivity contribution in [1.82, 2.24) is 0 Å². The van der Waals surface area contributed by atoms with Gasteiger partial charge in [-0.25, -0.2) is 0 Å². The molecule has 6 heteroatoms. The van der Waals surface area contributed by atoms with Crippen molar-refractivity contribution in [3.05, 3.63) is 71.8 Å². The predicted octanol–water partition coefficient (Wildman–Crippen LogP) is 4.55. The molecular weight excluding hydrogens is 384 g/mol. The lowest BCUT2D eigenvalue weighted by molar-refractivity contribution is 0.216. The van der Waals surface area contributed by atoms with E-state index in [1.807, 2.05) is 60.7 Å². The molecule has 2 bridgehead atoms. The van der Waals surface area contributed by atoms with Crippen LogP contribution in [0.3, 0.4) is 0 Å². The highest BCUT2D eigenvalue weighted by molar-refractivity contribution is 8.21. The Bertz CT molecular complexity index is 1040.